The molecule has 0 radical (unpaired) electrons. The molecule has 0 aromatic heterocycles. The molecular formula is C8H18N2O3S. The van der Waals surface area contributed by atoms with Gasteiger partial charge in [0.05, 0.1) is 19.0 Å². The zero-order valence-corrected chi connectivity index (χ0v) is 9.51. The summed E-state index contributed by atoms with van der Waals surface area (Å²) in [6, 6.07) is 0. The monoisotopic (exact) mass is 222 g/mol. The van der Waals surface area contributed by atoms with Gasteiger partial charge in [0.25, 0.3) is 0 Å². The Morgan fingerprint density at radius 3 is 2.86 bits per heavy atom. The van der Waals surface area contributed by atoms with Gasteiger partial charge in [0.15, 0.2) is 0 Å². The van der Waals surface area contributed by atoms with Crippen LogP contribution in [0.4, 0.5) is 0 Å². The predicted octanol–water partition coefficient (Wildman–Crippen LogP) is -0.744. The second kappa shape index (κ2) is 5.06. The van der Waals surface area contributed by atoms with Crippen molar-refractivity contribution in [1.29, 1.82) is 0 Å². The third-order valence-electron chi connectivity index (χ3n) is 2.17. The van der Waals surface area contributed by atoms with Crippen molar-refractivity contribution in [2.24, 2.45) is 0 Å². The Balaban J connectivity index is 2.18. The smallest absolute Gasteiger partial charge is 0.208 e. The Kier molecular flexibility index (Phi) is 4.31. The van der Waals surface area contributed by atoms with Crippen LogP contribution in [0.25, 0.3) is 0 Å². The maximum absolute atomic E-state index is 10.8. The van der Waals surface area contributed by atoms with Gasteiger partial charge in [-0.25, -0.2) is 13.1 Å². The van der Waals surface area contributed by atoms with Crippen molar-refractivity contribution >= 4 is 10.0 Å². The van der Waals surface area contributed by atoms with Gasteiger partial charge in [-0.15, -0.1) is 0 Å². The predicted molar refractivity (Wildman–Crippen MR) is 54.7 cm³/mol. The van der Waals surface area contributed by atoms with Gasteiger partial charge in [-0.05, 0) is 13.5 Å². The van der Waals surface area contributed by atoms with Crippen LogP contribution in [0.1, 0.15) is 6.42 Å². The van der Waals surface area contributed by atoms with Gasteiger partial charge in [-0.3, -0.25) is 0 Å². The third kappa shape index (κ3) is 4.90. The molecule has 0 aromatic rings. The summed E-state index contributed by atoms with van der Waals surface area (Å²) in [6.45, 7) is 3.03. The van der Waals surface area contributed by atoms with Crippen molar-refractivity contribution in [3.8, 4) is 0 Å². The minimum atomic E-state index is -3.06. The lowest BCUT2D eigenvalue weighted by Gasteiger charge is -2.29. The molecule has 1 aliphatic rings. The number of nitrogens with zero attached hydrogens (tertiary/aromatic N) is 1. The molecule has 0 aliphatic carbocycles. The summed E-state index contributed by atoms with van der Waals surface area (Å²) in [6.07, 6.45) is 2.06. The van der Waals surface area contributed by atoms with Gasteiger partial charge in [-0.2, -0.15) is 0 Å². The van der Waals surface area contributed by atoms with Crippen molar-refractivity contribution in [2.75, 3.05) is 39.5 Å². The van der Waals surface area contributed by atoms with Gasteiger partial charge in [0.2, 0.25) is 10.0 Å². The van der Waals surface area contributed by atoms with Gasteiger partial charge >= 0.3 is 0 Å². The number of hydrogen-bond acceptors (Lipinski definition) is 4. The fourth-order valence-corrected chi connectivity index (χ4v) is 1.94. The lowest BCUT2D eigenvalue weighted by Crippen LogP contribution is -2.41. The van der Waals surface area contributed by atoms with E-state index in [0.29, 0.717) is 6.54 Å². The van der Waals surface area contributed by atoms with Crippen LogP contribution < -0.4 is 4.72 Å². The fourth-order valence-electron chi connectivity index (χ4n) is 1.45. The van der Waals surface area contributed by atoms with Crippen LogP contribution in [0.15, 0.2) is 0 Å². The van der Waals surface area contributed by atoms with E-state index in [0.717, 1.165) is 26.1 Å². The number of hydrogen-bond donors (Lipinski definition) is 1. The molecule has 0 amide bonds. The highest BCUT2D eigenvalue weighted by Gasteiger charge is 2.17. The fraction of sp³-hybridized carbons (Fsp3) is 1.00. The van der Waals surface area contributed by atoms with Gasteiger partial charge < -0.3 is 9.64 Å². The summed E-state index contributed by atoms with van der Waals surface area (Å²) in [5, 5.41) is 0. The molecule has 0 bridgehead atoms. The van der Waals surface area contributed by atoms with Gasteiger partial charge in [-0.1, -0.05) is 0 Å². The summed E-state index contributed by atoms with van der Waals surface area (Å²) in [5.74, 6) is 0. The first-order valence-corrected chi connectivity index (χ1v) is 6.61. The molecule has 1 N–H and O–H groups in total. The third-order valence-corrected chi connectivity index (χ3v) is 2.90. The van der Waals surface area contributed by atoms with Crippen LogP contribution in [0, 0.1) is 0 Å². The average Bonchev–Trinajstić information content (AvgIpc) is 2.01. The topological polar surface area (TPSA) is 58.6 Å². The number of ether oxygens (including phenoxy) is 1. The molecule has 0 saturated carbocycles. The van der Waals surface area contributed by atoms with Crippen LogP contribution in [-0.2, 0) is 14.8 Å². The first-order chi connectivity index (χ1) is 6.47. The van der Waals surface area contributed by atoms with Crippen molar-refractivity contribution < 1.29 is 13.2 Å². The average molecular weight is 222 g/mol. The molecule has 1 rings (SSSR count). The Bertz CT molecular complexity index is 266. The summed E-state index contributed by atoms with van der Waals surface area (Å²) in [4.78, 5) is 2.19. The molecule has 1 aliphatic heterocycles. The quantitative estimate of drug-likeness (QED) is 0.680. The molecule has 1 fully saturated rings. The first-order valence-electron chi connectivity index (χ1n) is 4.72. The molecule has 0 spiro atoms. The maximum Gasteiger partial charge on any atom is 0.208 e. The zero-order chi connectivity index (χ0) is 10.6. The van der Waals surface area contributed by atoms with Gasteiger partial charge in [0.1, 0.15) is 0 Å². The number of sulfonamides is 1. The first kappa shape index (κ1) is 11.9. The molecule has 1 saturated heterocycles. The normalized spacial score (nSPS) is 25.1. The Morgan fingerprint density at radius 1 is 1.57 bits per heavy atom. The van der Waals surface area contributed by atoms with Crippen molar-refractivity contribution in [3.63, 3.8) is 0 Å². The van der Waals surface area contributed by atoms with Crippen molar-refractivity contribution in [3.05, 3.63) is 0 Å². The molecule has 6 heteroatoms. The molecule has 14 heavy (non-hydrogen) atoms. The number of morpholine rings is 1. The van der Waals surface area contributed by atoms with Crippen LogP contribution >= 0.6 is 0 Å². The summed E-state index contributed by atoms with van der Waals surface area (Å²) in [7, 11) is -1.02. The minimum absolute atomic E-state index is 0.156. The lowest BCUT2D eigenvalue weighted by atomic mass is 10.2. The molecule has 5 nitrogen and oxygen atoms in total. The highest BCUT2D eigenvalue weighted by Crippen LogP contribution is 2.05. The van der Waals surface area contributed by atoms with E-state index in [-0.39, 0.29) is 6.10 Å². The Labute approximate surface area is 85.5 Å². The molecule has 0 aromatic carbocycles. The summed E-state index contributed by atoms with van der Waals surface area (Å²) < 4.78 is 29.5. The van der Waals surface area contributed by atoms with E-state index in [1.54, 1.807) is 0 Å². The molecule has 1 unspecified atom stereocenters. The summed E-state index contributed by atoms with van der Waals surface area (Å²) >= 11 is 0. The highest BCUT2D eigenvalue weighted by molar-refractivity contribution is 7.88. The largest absolute Gasteiger partial charge is 0.376 e. The van der Waals surface area contributed by atoms with E-state index in [9.17, 15) is 8.42 Å². The zero-order valence-electron chi connectivity index (χ0n) is 8.69. The Morgan fingerprint density at radius 2 is 2.29 bits per heavy atom. The van der Waals surface area contributed by atoms with Crippen molar-refractivity contribution in [2.45, 2.75) is 12.5 Å². The number of rotatable bonds is 4. The van der Waals surface area contributed by atoms with Crippen LogP contribution in [-0.4, -0.2) is 59.0 Å². The maximum atomic E-state index is 10.8. The van der Waals surface area contributed by atoms with E-state index in [1.807, 2.05) is 7.05 Å². The van der Waals surface area contributed by atoms with E-state index >= 15 is 0 Å². The van der Waals surface area contributed by atoms with Crippen LogP contribution in [0.3, 0.4) is 0 Å². The SMILES string of the molecule is CN1CCOC(CCNS(C)(=O)=O)C1. The Hall–Kier alpha value is -0.170. The van der Waals surface area contributed by atoms with E-state index in [4.69, 9.17) is 4.74 Å². The van der Waals surface area contributed by atoms with E-state index in [1.165, 1.54) is 6.26 Å². The molecule has 1 atom stereocenters. The number of likely N-dealkylation sites (N-methyl/N-ethyl adjacent to an activating group) is 1. The van der Waals surface area contributed by atoms with E-state index in [2.05, 4.69) is 9.62 Å². The molecule has 1 heterocycles. The molecular weight excluding hydrogens is 204 g/mol. The lowest BCUT2D eigenvalue weighted by molar-refractivity contribution is -0.0222. The molecule has 84 valence electrons. The summed E-state index contributed by atoms with van der Waals surface area (Å²) in [5.41, 5.74) is 0. The van der Waals surface area contributed by atoms with Crippen molar-refractivity contribution in [1.82, 2.24) is 9.62 Å². The second-order valence-corrected chi connectivity index (χ2v) is 5.54. The number of nitrogens with one attached hydrogen (secondary N) is 1. The van der Waals surface area contributed by atoms with E-state index < -0.39 is 10.0 Å². The standard InChI is InChI=1S/C8H18N2O3S/c1-10-5-6-13-8(7-10)3-4-9-14(2,11)12/h8-9H,3-7H2,1-2H3. The second-order valence-electron chi connectivity index (χ2n) is 3.71. The highest BCUT2D eigenvalue weighted by atomic mass is 32.2. The van der Waals surface area contributed by atoms with Gasteiger partial charge in [0, 0.05) is 19.6 Å². The van der Waals surface area contributed by atoms with Crippen LogP contribution in [0.2, 0.25) is 0 Å². The van der Waals surface area contributed by atoms with Crippen LogP contribution in [0.5, 0.6) is 0 Å². The minimum Gasteiger partial charge on any atom is -0.376 e.